The number of hydrogen-bond donors (Lipinski definition) is 0. The summed E-state index contributed by atoms with van der Waals surface area (Å²) in [5.41, 5.74) is 1.23. The van der Waals surface area contributed by atoms with Gasteiger partial charge in [-0.2, -0.15) is 0 Å². The monoisotopic (exact) mass is 249 g/mol. The molecule has 0 unspecified atom stereocenters. The van der Waals surface area contributed by atoms with Gasteiger partial charge in [0, 0.05) is 6.54 Å². The molecule has 0 aliphatic heterocycles. The third-order valence-corrected chi connectivity index (χ3v) is 2.52. The fraction of sp³-hybridized carbons (Fsp3) is 0.455. The molecule has 2 aromatic heterocycles. The van der Waals surface area contributed by atoms with Gasteiger partial charge in [0.2, 0.25) is 0 Å². The summed E-state index contributed by atoms with van der Waals surface area (Å²) in [6.45, 7) is 3.55. The molecule has 0 N–H and O–H groups in total. The van der Waals surface area contributed by atoms with Crippen LogP contribution in [0.4, 0.5) is 0 Å². The Balaban J connectivity index is 2.11. The summed E-state index contributed by atoms with van der Waals surface area (Å²) in [7, 11) is 1.32. The first kappa shape index (κ1) is 12.3. The van der Waals surface area contributed by atoms with Crippen LogP contribution in [0, 0.1) is 0 Å². The van der Waals surface area contributed by atoms with Crippen molar-refractivity contribution in [1.29, 1.82) is 0 Å². The van der Waals surface area contributed by atoms with E-state index in [0.29, 0.717) is 6.54 Å². The first-order valence-corrected chi connectivity index (χ1v) is 5.72. The van der Waals surface area contributed by atoms with Crippen LogP contribution >= 0.6 is 0 Å². The molecule has 2 aromatic rings. The lowest BCUT2D eigenvalue weighted by atomic mass is 10.4. The van der Waals surface area contributed by atoms with Gasteiger partial charge in [0.15, 0.2) is 5.69 Å². The van der Waals surface area contributed by atoms with E-state index in [9.17, 15) is 4.79 Å². The predicted molar refractivity (Wildman–Crippen MR) is 63.0 cm³/mol. The van der Waals surface area contributed by atoms with Crippen molar-refractivity contribution in [3.63, 3.8) is 0 Å². The summed E-state index contributed by atoms with van der Waals surface area (Å²) in [6, 6.07) is 0. The van der Waals surface area contributed by atoms with E-state index < -0.39 is 5.97 Å². The molecule has 7 nitrogen and oxygen atoms in total. The van der Waals surface area contributed by atoms with Crippen LogP contribution in [-0.2, 0) is 17.8 Å². The SMILES string of the molecule is CCCn1cncc1Cn1cc(C(=O)OC)nn1. The fourth-order valence-corrected chi connectivity index (χ4v) is 1.66. The second kappa shape index (κ2) is 5.44. The largest absolute Gasteiger partial charge is 0.464 e. The summed E-state index contributed by atoms with van der Waals surface area (Å²) in [4.78, 5) is 15.3. The molecule has 2 rings (SSSR count). The molecule has 0 bridgehead atoms. The smallest absolute Gasteiger partial charge is 0.360 e. The van der Waals surface area contributed by atoms with Gasteiger partial charge in [0.05, 0.1) is 38.1 Å². The highest BCUT2D eigenvalue weighted by Crippen LogP contribution is 2.04. The van der Waals surface area contributed by atoms with E-state index in [1.165, 1.54) is 7.11 Å². The quantitative estimate of drug-likeness (QED) is 0.730. The molecule has 2 heterocycles. The zero-order chi connectivity index (χ0) is 13.0. The second-order valence-electron chi connectivity index (χ2n) is 3.87. The first-order valence-electron chi connectivity index (χ1n) is 5.72. The minimum absolute atomic E-state index is 0.207. The molecule has 0 atom stereocenters. The molecule has 0 radical (unpaired) electrons. The van der Waals surface area contributed by atoms with Crippen LogP contribution in [0.25, 0.3) is 0 Å². The Morgan fingerprint density at radius 3 is 3.06 bits per heavy atom. The van der Waals surface area contributed by atoms with Crippen molar-refractivity contribution < 1.29 is 9.53 Å². The number of hydrogen-bond acceptors (Lipinski definition) is 5. The molecule has 0 aromatic carbocycles. The number of carbonyl (C=O) groups is 1. The number of esters is 1. The van der Waals surface area contributed by atoms with Gasteiger partial charge in [-0.1, -0.05) is 12.1 Å². The maximum absolute atomic E-state index is 11.2. The van der Waals surface area contributed by atoms with Crippen LogP contribution in [0.2, 0.25) is 0 Å². The third-order valence-electron chi connectivity index (χ3n) is 2.52. The Bertz CT molecular complexity index is 531. The summed E-state index contributed by atoms with van der Waals surface area (Å²) in [5, 5.41) is 7.64. The van der Waals surface area contributed by atoms with E-state index in [4.69, 9.17) is 0 Å². The summed E-state index contributed by atoms with van der Waals surface area (Å²) >= 11 is 0. The van der Waals surface area contributed by atoms with Crippen LogP contribution in [0.15, 0.2) is 18.7 Å². The number of nitrogens with zero attached hydrogens (tertiary/aromatic N) is 5. The highest BCUT2D eigenvalue weighted by atomic mass is 16.5. The Hall–Kier alpha value is -2.18. The molecule has 0 aliphatic carbocycles. The lowest BCUT2D eigenvalue weighted by Gasteiger charge is -2.05. The molecular formula is C11H15N5O2. The van der Waals surface area contributed by atoms with Gasteiger partial charge >= 0.3 is 5.97 Å². The van der Waals surface area contributed by atoms with E-state index >= 15 is 0 Å². The van der Waals surface area contributed by atoms with Gasteiger partial charge in [0.1, 0.15) is 0 Å². The summed E-state index contributed by atoms with van der Waals surface area (Å²) < 4.78 is 8.22. The summed E-state index contributed by atoms with van der Waals surface area (Å²) in [6.07, 6.45) is 6.18. The van der Waals surface area contributed by atoms with E-state index in [-0.39, 0.29) is 5.69 Å². The molecule has 18 heavy (non-hydrogen) atoms. The molecule has 0 fully saturated rings. The Kier molecular flexibility index (Phi) is 3.71. The highest BCUT2D eigenvalue weighted by molar-refractivity contribution is 5.86. The van der Waals surface area contributed by atoms with Crippen molar-refractivity contribution in [2.24, 2.45) is 0 Å². The first-order chi connectivity index (χ1) is 8.74. The molecule has 0 saturated heterocycles. The van der Waals surface area contributed by atoms with E-state index in [1.54, 1.807) is 23.4 Å². The van der Waals surface area contributed by atoms with Crippen molar-refractivity contribution in [2.45, 2.75) is 26.4 Å². The third kappa shape index (κ3) is 2.55. The molecule has 0 aliphatic rings. The number of carbonyl (C=O) groups excluding carboxylic acids is 1. The maximum Gasteiger partial charge on any atom is 0.360 e. The zero-order valence-corrected chi connectivity index (χ0v) is 10.4. The van der Waals surface area contributed by atoms with Crippen molar-refractivity contribution in [3.8, 4) is 0 Å². The van der Waals surface area contributed by atoms with E-state index in [1.807, 2.05) is 0 Å². The molecule has 0 saturated carbocycles. The number of rotatable bonds is 5. The average molecular weight is 249 g/mol. The second-order valence-corrected chi connectivity index (χ2v) is 3.87. The van der Waals surface area contributed by atoms with Crippen molar-refractivity contribution in [1.82, 2.24) is 24.5 Å². The number of aryl methyl sites for hydroxylation is 1. The van der Waals surface area contributed by atoms with Gasteiger partial charge in [-0.15, -0.1) is 5.10 Å². The highest BCUT2D eigenvalue weighted by Gasteiger charge is 2.11. The molecule has 7 heteroatoms. The standard InChI is InChI=1S/C11H15N5O2/c1-3-4-15-8-12-5-9(15)6-16-7-10(13-14-16)11(17)18-2/h5,7-8H,3-4,6H2,1-2H3. The Morgan fingerprint density at radius 1 is 1.50 bits per heavy atom. The van der Waals surface area contributed by atoms with Gasteiger partial charge in [-0.25, -0.2) is 14.5 Å². The van der Waals surface area contributed by atoms with Crippen molar-refractivity contribution in [3.05, 3.63) is 30.1 Å². The van der Waals surface area contributed by atoms with Crippen LogP contribution < -0.4 is 0 Å². The van der Waals surface area contributed by atoms with Crippen LogP contribution in [0.1, 0.15) is 29.5 Å². The van der Waals surface area contributed by atoms with Crippen molar-refractivity contribution >= 4 is 5.97 Å². The molecule has 0 spiro atoms. The Labute approximate surface area is 104 Å². The predicted octanol–water partition coefficient (Wildman–Crippen LogP) is 0.719. The van der Waals surface area contributed by atoms with Crippen LogP contribution in [0.3, 0.4) is 0 Å². The minimum Gasteiger partial charge on any atom is -0.464 e. The lowest BCUT2D eigenvalue weighted by Crippen LogP contribution is -2.07. The normalized spacial score (nSPS) is 10.6. The topological polar surface area (TPSA) is 74.8 Å². The van der Waals surface area contributed by atoms with Gasteiger partial charge < -0.3 is 9.30 Å². The van der Waals surface area contributed by atoms with Gasteiger partial charge in [-0.3, -0.25) is 0 Å². The molecule has 0 amide bonds. The zero-order valence-electron chi connectivity index (χ0n) is 10.4. The fourth-order valence-electron chi connectivity index (χ4n) is 1.66. The lowest BCUT2D eigenvalue weighted by molar-refractivity contribution is 0.0594. The number of aromatic nitrogens is 5. The van der Waals surface area contributed by atoms with Crippen molar-refractivity contribution in [2.75, 3.05) is 7.11 Å². The maximum atomic E-state index is 11.2. The van der Waals surface area contributed by atoms with Crippen LogP contribution in [0.5, 0.6) is 0 Å². The van der Waals surface area contributed by atoms with E-state index in [0.717, 1.165) is 18.7 Å². The van der Waals surface area contributed by atoms with Gasteiger partial charge in [-0.05, 0) is 6.42 Å². The van der Waals surface area contributed by atoms with Crippen LogP contribution in [-0.4, -0.2) is 37.6 Å². The van der Waals surface area contributed by atoms with Gasteiger partial charge in [0.25, 0.3) is 0 Å². The number of imidazole rings is 1. The molecular weight excluding hydrogens is 234 g/mol. The minimum atomic E-state index is -0.483. The Morgan fingerprint density at radius 2 is 2.33 bits per heavy atom. The number of ether oxygens (including phenoxy) is 1. The number of methoxy groups -OCH3 is 1. The summed E-state index contributed by atoms with van der Waals surface area (Å²) in [5.74, 6) is -0.483. The van der Waals surface area contributed by atoms with E-state index in [2.05, 4.69) is 31.5 Å². The molecule has 96 valence electrons. The average Bonchev–Trinajstić information content (AvgIpc) is 3.00.